The lowest BCUT2D eigenvalue weighted by Gasteiger charge is -2.06. The second kappa shape index (κ2) is 5.66. The standard InChI is InChI=1S/C13H8ClFN2O3/c14-9-3-1-2-8(6-9)13(18)16-12-5-4-10(17(19)20)7-11(12)15/h1-7H,(H,16,18). The zero-order valence-corrected chi connectivity index (χ0v) is 10.7. The third-order valence-corrected chi connectivity index (χ3v) is 2.73. The number of non-ortho nitro benzene ring substituents is 1. The monoisotopic (exact) mass is 294 g/mol. The van der Waals surface area contributed by atoms with Crippen molar-refractivity contribution in [1.29, 1.82) is 0 Å². The lowest BCUT2D eigenvalue weighted by atomic mass is 10.2. The summed E-state index contributed by atoms with van der Waals surface area (Å²) in [6.45, 7) is 0. The summed E-state index contributed by atoms with van der Waals surface area (Å²) < 4.78 is 13.6. The molecular weight excluding hydrogens is 287 g/mol. The quantitative estimate of drug-likeness (QED) is 0.694. The Hall–Kier alpha value is -2.47. The number of anilines is 1. The number of benzene rings is 2. The van der Waals surface area contributed by atoms with Gasteiger partial charge in [-0.1, -0.05) is 17.7 Å². The van der Waals surface area contributed by atoms with Crippen LogP contribution in [-0.4, -0.2) is 10.8 Å². The number of nitro groups is 1. The minimum atomic E-state index is -0.880. The minimum absolute atomic E-state index is 0.138. The van der Waals surface area contributed by atoms with Crippen molar-refractivity contribution >= 4 is 28.9 Å². The average Bonchev–Trinajstić information content (AvgIpc) is 2.40. The number of nitrogens with one attached hydrogen (secondary N) is 1. The zero-order valence-electron chi connectivity index (χ0n) is 9.97. The smallest absolute Gasteiger partial charge is 0.272 e. The maximum Gasteiger partial charge on any atom is 0.272 e. The number of rotatable bonds is 3. The van der Waals surface area contributed by atoms with Gasteiger partial charge in [0.25, 0.3) is 11.6 Å². The van der Waals surface area contributed by atoms with Crippen LogP contribution in [0.1, 0.15) is 10.4 Å². The molecule has 0 bridgehead atoms. The van der Waals surface area contributed by atoms with Crippen molar-refractivity contribution in [3.05, 3.63) is 69.0 Å². The summed E-state index contributed by atoms with van der Waals surface area (Å²) in [7, 11) is 0. The predicted molar refractivity (Wildman–Crippen MR) is 72.5 cm³/mol. The van der Waals surface area contributed by atoms with Crippen molar-refractivity contribution in [2.24, 2.45) is 0 Å². The summed E-state index contributed by atoms with van der Waals surface area (Å²) in [6.07, 6.45) is 0. The molecule has 0 fully saturated rings. The molecule has 7 heteroatoms. The average molecular weight is 295 g/mol. The molecule has 0 radical (unpaired) electrons. The van der Waals surface area contributed by atoms with E-state index in [4.69, 9.17) is 11.6 Å². The molecule has 102 valence electrons. The summed E-state index contributed by atoms with van der Waals surface area (Å²) in [4.78, 5) is 21.6. The summed E-state index contributed by atoms with van der Waals surface area (Å²) in [5.74, 6) is -1.44. The van der Waals surface area contributed by atoms with Crippen LogP contribution in [0.5, 0.6) is 0 Å². The Morgan fingerprint density at radius 1 is 1.25 bits per heavy atom. The number of carbonyl (C=O) groups excluding carboxylic acids is 1. The van der Waals surface area contributed by atoms with Crippen LogP contribution in [0.4, 0.5) is 15.8 Å². The number of hydrogen-bond donors (Lipinski definition) is 1. The van der Waals surface area contributed by atoms with Crippen LogP contribution in [0.2, 0.25) is 5.02 Å². The first kappa shape index (κ1) is 14.0. The van der Waals surface area contributed by atoms with E-state index in [1.165, 1.54) is 12.1 Å². The van der Waals surface area contributed by atoms with Crippen LogP contribution < -0.4 is 5.32 Å². The summed E-state index contributed by atoms with van der Waals surface area (Å²) in [6, 6.07) is 9.12. The lowest BCUT2D eigenvalue weighted by molar-refractivity contribution is -0.385. The van der Waals surface area contributed by atoms with E-state index in [0.29, 0.717) is 5.02 Å². The van der Waals surface area contributed by atoms with Crippen molar-refractivity contribution in [2.75, 3.05) is 5.32 Å². The fraction of sp³-hybridized carbons (Fsp3) is 0. The van der Waals surface area contributed by atoms with Gasteiger partial charge in [-0.25, -0.2) is 4.39 Å². The highest BCUT2D eigenvalue weighted by Crippen LogP contribution is 2.21. The number of hydrogen-bond acceptors (Lipinski definition) is 3. The Kier molecular flexibility index (Phi) is 3.95. The van der Waals surface area contributed by atoms with E-state index in [9.17, 15) is 19.3 Å². The van der Waals surface area contributed by atoms with Gasteiger partial charge in [0.15, 0.2) is 5.82 Å². The van der Waals surface area contributed by atoms with E-state index in [-0.39, 0.29) is 16.9 Å². The largest absolute Gasteiger partial charge is 0.319 e. The van der Waals surface area contributed by atoms with E-state index in [1.807, 2.05) is 0 Å². The first-order valence-electron chi connectivity index (χ1n) is 5.48. The Labute approximate surface area is 118 Å². The van der Waals surface area contributed by atoms with Crippen LogP contribution in [-0.2, 0) is 0 Å². The molecule has 5 nitrogen and oxygen atoms in total. The Bertz CT molecular complexity index is 691. The van der Waals surface area contributed by atoms with Crippen molar-refractivity contribution in [1.82, 2.24) is 0 Å². The molecule has 0 aliphatic heterocycles. The molecule has 2 aromatic carbocycles. The van der Waals surface area contributed by atoms with Crippen LogP contribution in [0.15, 0.2) is 42.5 Å². The molecule has 0 atom stereocenters. The first-order chi connectivity index (χ1) is 9.47. The van der Waals surface area contributed by atoms with Crippen molar-refractivity contribution in [3.63, 3.8) is 0 Å². The zero-order chi connectivity index (χ0) is 14.7. The van der Waals surface area contributed by atoms with E-state index in [1.54, 1.807) is 12.1 Å². The Morgan fingerprint density at radius 3 is 2.60 bits per heavy atom. The van der Waals surface area contributed by atoms with Gasteiger partial charge in [0.1, 0.15) is 0 Å². The maximum atomic E-state index is 13.6. The normalized spacial score (nSPS) is 10.1. The van der Waals surface area contributed by atoms with E-state index in [2.05, 4.69) is 5.32 Å². The highest BCUT2D eigenvalue weighted by Gasteiger charge is 2.13. The van der Waals surface area contributed by atoms with Crippen molar-refractivity contribution in [3.8, 4) is 0 Å². The summed E-state index contributed by atoms with van der Waals surface area (Å²) in [5.41, 5.74) is -0.265. The van der Waals surface area contributed by atoms with Crippen LogP contribution >= 0.6 is 11.6 Å². The van der Waals surface area contributed by atoms with Gasteiger partial charge in [-0.15, -0.1) is 0 Å². The van der Waals surface area contributed by atoms with Gasteiger partial charge in [-0.3, -0.25) is 14.9 Å². The predicted octanol–water partition coefficient (Wildman–Crippen LogP) is 3.64. The molecule has 0 heterocycles. The Balaban J connectivity index is 2.22. The molecule has 0 aromatic heterocycles. The van der Waals surface area contributed by atoms with E-state index >= 15 is 0 Å². The molecule has 2 rings (SSSR count). The van der Waals surface area contributed by atoms with Crippen molar-refractivity contribution in [2.45, 2.75) is 0 Å². The van der Waals surface area contributed by atoms with Crippen LogP contribution in [0, 0.1) is 15.9 Å². The number of carbonyl (C=O) groups is 1. The van der Waals surface area contributed by atoms with E-state index < -0.39 is 16.6 Å². The molecule has 0 aliphatic rings. The van der Waals surface area contributed by atoms with Gasteiger partial charge in [0.05, 0.1) is 16.7 Å². The lowest BCUT2D eigenvalue weighted by Crippen LogP contribution is -2.13. The molecule has 2 aromatic rings. The highest BCUT2D eigenvalue weighted by molar-refractivity contribution is 6.31. The number of amides is 1. The number of nitrogens with zero attached hydrogens (tertiary/aromatic N) is 1. The van der Waals surface area contributed by atoms with Gasteiger partial charge < -0.3 is 5.32 Å². The maximum absolute atomic E-state index is 13.6. The minimum Gasteiger partial charge on any atom is -0.319 e. The van der Waals surface area contributed by atoms with Crippen LogP contribution in [0.25, 0.3) is 0 Å². The SMILES string of the molecule is O=C(Nc1ccc([N+](=O)[O-])cc1F)c1cccc(Cl)c1. The van der Waals surface area contributed by atoms with E-state index in [0.717, 1.165) is 18.2 Å². The van der Waals surface area contributed by atoms with Gasteiger partial charge >= 0.3 is 0 Å². The fourth-order valence-corrected chi connectivity index (χ4v) is 1.73. The highest BCUT2D eigenvalue weighted by atomic mass is 35.5. The third-order valence-electron chi connectivity index (χ3n) is 2.50. The Morgan fingerprint density at radius 2 is 2.00 bits per heavy atom. The third kappa shape index (κ3) is 3.10. The second-order valence-electron chi connectivity index (χ2n) is 3.89. The molecule has 0 unspecified atom stereocenters. The fourth-order valence-electron chi connectivity index (χ4n) is 1.54. The molecule has 20 heavy (non-hydrogen) atoms. The molecule has 1 amide bonds. The number of halogens is 2. The van der Waals surface area contributed by atoms with Gasteiger partial charge in [0, 0.05) is 16.7 Å². The first-order valence-corrected chi connectivity index (χ1v) is 5.86. The molecule has 0 aliphatic carbocycles. The molecule has 0 saturated carbocycles. The topological polar surface area (TPSA) is 72.2 Å². The summed E-state index contributed by atoms with van der Waals surface area (Å²) in [5, 5.41) is 13.2. The van der Waals surface area contributed by atoms with Gasteiger partial charge in [-0.2, -0.15) is 0 Å². The molecule has 0 spiro atoms. The van der Waals surface area contributed by atoms with Crippen molar-refractivity contribution < 1.29 is 14.1 Å². The molecular formula is C13H8ClFN2O3. The summed E-state index contributed by atoms with van der Waals surface area (Å²) >= 11 is 5.75. The number of nitro benzene ring substituents is 1. The molecule has 0 saturated heterocycles. The van der Waals surface area contributed by atoms with Crippen LogP contribution in [0.3, 0.4) is 0 Å². The van der Waals surface area contributed by atoms with Gasteiger partial charge in [-0.05, 0) is 24.3 Å². The molecule has 1 N–H and O–H groups in total. The second-order valence-corrected chi connectivity index (χ2v) is 4.32. The van der Waals surface area contributed by atoms with Gasteiger partial charge in [0.2, 0.25) is 0 Å².